The van der Waals surface area contributed by atoms with Crippen molar-refractivity contribution in [3.63, 3.8) is 0 Å². The number of carbonyl (C=O) groups is 2. The summed E-state index contributed by atoms with van der Waals surface area (Å²) >= 11 is 0. The lowest BCUT2D eigenvalue weighted by molar-refractivity contribution is -0.156. The number of allylic oxidation sites excluding steroid dienone is 1. The van der Waals surface area contributed by atoms with E-state index in [0.717, 1.165) is 5.92 Å². The highest BCUT2D eigenvalue weighted by Gasteiger charge is 2.46. The van der Waals surface area contributed by atoms with Crippen LogP contribution >= 0.6 is 0 Å². The Hall–Kier alpha value is -2.38. The van der Waals surface area contributed by atoms with Gasteiger partial charge in [0.15, 0.2) is 18.5 Å². The molecule has 1 heterocycles. The van der Waals surface area contributed by atoms with Crippen molar-refractivity contribution in [3.05, 3.63) is 42.0 Å². The summed E-state index contributed by atoms with van der Waals surface area (Å²) in [6.45, 7) is 2.73. The predicted molar refractivity (Wildman–Crippen MR) is 109 cm³/mol. The van der Waals surface area contributed by atoms with Crippen molar-refractivity contribution in [3.8, 4) is 5.75 Å². The van der Waals surface area contributed by atoms with Gasteiger partial charge in [-0.05, 0) is 49.7 Å². The highest BCUT2D eigenvalue weighted by molar-refractivity contribution is 5.84. The lowest BCUT2D eigenvalue weighted by Crippen LogP contribution is -2.36. The number of hydrogen-bond donors (Lipinski definition) is 2. The lowest BCUT2D eigenvalue weighted by atomic mass is 9.80. The second kappa shape index (κ2) is 10.6. The van der Waals surface area contributed by atoms with E-state index in [-0.39, 0.29) is 0 Å². The maximum atomic E-state index is 11.2. The van der Waals surface area contributed by atoms with Gasteiger partial charge in [0.1, 0.15) is 12.4 Å². The van der Waals surface area contributed by atoms with Crippen LogP contribution in [-0.2, 0) is 19.1 Å². The van der Waals surface area contributed by atoms with Crippen LogP contribution in [0.3, 0.4) is 0 Å². The molecule has 7 heteroatoms. The van der Waals surface area contributed by atoms with E-state index in [1.807, 2.05) is 0 Å². The van der Waals surface area contributed by atoms with E-state index in [0.29, 0.717) is 23.8 Å². The largest absolute Gasteiger partial charge is 0.490 e. The Morgan fingerprint density at radius 3 is 2.17 bits per heavy atom. The van der Waals surface area contributed by atoms with Gasteiger partial charge in [-0.3, -0.25) is 0 Å². The Morgan fingerprint density at radius 1 is 1.03 bits per heavy atom. The molecule has 0 bridgehead atoms. The minimum absolute atomic E-state index is 0.479. The molecule has 2 aliphatic rings. The summed E-state index contributed by atoms with van der Waals surface area (Å²) in [5, 5.41) is 18.2. The first-order valence-corrected chi connectivity index (χ1v) is 10.6. The predicted octanol–water partition coefficient (Wildman–Crippen LogP) is 4.18. The second-order valence-electron chi connectivity index (χ2n) is 8.00. The first-order chi connectivity index (χ1) is 14.5. The van der Waals surface area contributed by atoms with Crippen molar-refractivity contribution >= 4 is 11.9 Å². The molecule has 1 aromatic carbocycles. The molecule has 2 atom stereocenters. The molecular weight excluding hydrogens is 388 g/mol. The Balaban J connectivity index is 1.45. The summed E-state index contributed by atoms with van der Waals surface area (Å²) in [5.41, 5.74) is 0.539. The van der Waals surface area contributed by atoms with Crippen molar-refractivity contribution in [2.75, 3.05) is 6.61 Å². The summed E-state index contributed by atoms with van der Waals surface area (Å²) in [4.78, 5) is 22.3. The highest BCUT2D eigenvalue weighted by Crippen LogP contribution is 2.33. The third-order valence-corrected chi connectivity index (χ3v) is 5.80. The molecule has 1 saturated carbocycles. The summed E-state index contributed by atoms with van der Waals surface area (Å²) < 4.78 is 16.2. The number of benzene rings is 1. The molecule has 2 N–H and O–H groups in total. The van der Waals surface area contributed by atoms with Crippen LogP contribution in [0.1, 0.15) is 57.3 Å². The monoisotopic (exact) mass is 418 g/mol. The molecule has 30 heavy (non-hydrogen) atoms. The zero-order valence-corrected chi connectivity index (χ0v) is 17.2. The number of rotatable bonds is 9. The van der Waals surface area contributed by atoms with Gasteiger partial charge in [0.25, 0.3) is 0 Å². The highest BCUT2D eigenvalue weighted by atomic mass is 16.7. The van der Waals surface area contributed by atoms with Crippen molar-refractivity contribution < 1.29 is 34.0 Å². The Kier molecular flexibility index (Phi) is 7.87. The van der Waals surface area contributed by atoms with Crippen molar-refractivity contribution in [2.24, 2.45) is 11.8 Å². The fourth-order valence-electron chi connectivity index (χ4n) is 4.16. The van der Waals surface area contributed by atoms with Gasteiger partial charge in [0.05, 0.1) is 0 Å². The van der Waals surface area contributed by atoms with Crippen molar-refractivity contribution in [1.82, 2.24) is 0 Å². The number of carboxylic acids is 2. The van der Waals surface area contributed by atoms with Crippen molar-refractivity contribution in [2.45, 2.75) is 63.9 Å². The van der Waals surface area contributed by atoms with E-state index in [9.17, 15) is 9.59 Å². The van der Waals surface area contributed by atoms with Gasteiger partial charge in [-0.25, -0.2) is 9.59 Å². The van der Waals surface area contributed by atoms with E-state index in [4.69, 9.17) is 24.4 Å². The molecule has 2 fully saturated rings. The number of aliphatic carboxylic acids is 2. The number of ether oxygens (including phenoxy) is 3. The van der Waals surface area contributed by atoms with Crippen LogP contribution in [0.2, 0.25) is 0 Å². The number of hydrogen-bond acceptors (Lipinski definition) is 5. The third-order valence-electron chi connectivity index (χ3n) is 5.80. The Labute approximate surface area is 176 Å². The quantitative estimate of drug-likeness (QED) is 0.580. The van der Waals surface area contributed by atoms with E-state index in [1.165, 1.54) is 38.5 Å². The van der Waals surface area contributed by atoms with Gasteiger partial charge < -0.3 is 24.4 Å². The first-order valence-electron chi connectivity index (χ1n) is 10.6. The number of carboxylic acid groups (broad SMARTS) is 2. The van der Waals surface area contributed by atoms with Crippen LogP contribution in [0.5, 0.6) is 5.75 Å². The van der Waals surface area contributed by atoms with Crippen LogP contribution in [-0.4, -0.2) is 41.0 Å². The van der Waals surface area contributed by atoms with E-state index in [2.05, 4.69) is 19.1 Å². The summed E-state index contributed by atoms with van der Waals surface area (Å²) in [5.74, 6) is -0.521. The van der Waals surface area contributed by atoms with Crippen LogP contribution < -0.4 is 4.74 Å². The fourth-order valence-corrected chi connectivity index (χ4v) is 4.16. The van der Waals surface area contributed by atoms with E-state index >= 15 is 0 Å². The Bertz CT molecular complexity index is 712. The van der Waals surface area contributed by atoms with Gasteiger partial charge in [-0.2, -0.15) is 0 Å². The van der Waals surface area contributed by atoms with Gasteiger partial charge >= 0.3 is 11.9 Å². The molecule has 0 spiro atoms. The SMILES string of the molecule is CCCC1CCC(C=CCOc2ccc(C3O[C@@H](C(=O)O)[C@H](C(=O)O)O3)cc2)CC1. The molecule has 1 aromatic rings. The summed E-state index contributed by atoms with van der Waals surface area (Å²) in [7, 11) is 0. The molecule has 0 radical (unpaired) electrons. The summed E-state index contributed by atoms with van der Waals surface area (Å²) in [6.07, 6.45) is 7.99. The minimum atomic E-state index is -1.54. The van der Waals surface area contributed by atoms with E-state index < -0.39 is 30.4 Å². The van der Waals surface area contributed by atoms with Gasteiger partial charge in [0, 0.05) is 5.56 Å². The summed E-state index contributed by atoms with van der Waals surface area (Å²) in [6, 6.07) is 6.83. The van der Waals surface area contributed by atoms with Crippen LogP contribution in [0.4, 0.5) is 0 Å². The minimum Gasteiger partial charge on any atom is -0.490 e. The average Bonchev–Trinajstić information content (AvgIpc) is 3.19. The maximum absolute atomic E-state index is 11.2. The molecule has 7 nitrogen and oxygen atoms in total. The topological polar surface area (TPSA) is 102 Å². The molecule has 164 valence electrons. The zero-order chi connectivity index (χ0) is 21.5. The molecule has 0 unspecified atom stereocenters. The average molecular weight is 418 g/mol. The third kappa shape index (κ3) is 5.83. The molecular formula is C23H30O7. The van der Waals surface area contributed by atoms with Crippen molar-refractivity contribution in [1.29, 1.82) is 0 Å². The first kappa shape index (κ1) is 22.3. The molecule has 1 saturated heterocycles. The second-order valence-corrected chi connectivity index (χ2v) is 8.00. The molecule has 0 amide bonds. The fraction of sp³-hybridized carbons (Fsp3) is 0.565. The van der Waals surface area contributed by atoms with Gasteiger partial charge in [-0.15, -0.1) is 0 Å². The van der Waals surface area contributed by atoms with E-state index in [1.54, 1.807) is 24.3 Å². The zero-order valence-electron chi connectivity index (χ0n) is 17.2. The van der Waals surface area contributed by atoms with Crippen LogP contribution in [0.25, 0.3) is 0 Å². The molecule has 0 aromatic heterocycles. The van der Waals surface area contributed by atoms with Crippen LogP contribution in [0.15, 0.2) is 36.4 Å². The van der Waals surface area contributed by atoms with Crippen LogP contribution in [0, 0.1) is 11.8 Å². The van der Waals surface area contributed by atoms with Gasteiger partial charge in [0.2, 0.25) is 0 Å². The molecule has 1 aliphatic heterocycles. The molecule has 1 aliphatic carbocycles. The normalized spacial score (nSPS) is 27.4. The Morgan fingerprint density at radius 2 is 1.63 bits per heavy atom. The van der Waals surface area contributed by atoms with Gasteiger partial charge in [-0.1, -0.05) is 44.1 Å². The maximum Gasteiger partial charge on any atom is 0.336 e. The smallest absolute Gasteiger partial charge is 0.336 e. The lowest BCUT2D eigenvalue weighted by Gasteiger charge is -2.26. The standard InChI is InChI=1S/C23H30O7/c1-2-4-15-6-8-16(9-7-15)5-3-14-28-18-12-10-17(11-13-18)23-29-19(21(24)25)20(30-23)22(26)27/h3,5,10-13,15-16,19-20,23H,2,4,6-9,14H2,1H3,(H,24,25)(H,26,27)/t15?,16?,19-,20-/m1/s1. The molecule has 3 rings (SSSR count).